The Hall–Kier alpha value is -2.84. The van der Waals surface area contributed by atoms with Crippen molar-refractivity contribution in [2.45, 2.75) is 45.8 Å². The van der Waals surface area contributed by atoms with Gasteiger partial charge in [0.15, 0.2) is 11.5 Å². The Morgan fingerprint density at radius 2 is 1.57 bits per heavy atom. The fraction of sp³-hybridized carbons (Fsp3) is 0.440. The van der Waals surface area contributed by atoms with Crippen LogP contribution in [0.25, 0.3) is 0 Å². The van der Waals surface area contributed by atoms with E-state index in [4.69, 9.17) is 42.1 Å². The van der Waals surface area contributed by atoms with Gasteiger partial charge in [0.1, 0.15) is 0 Å². The summed E-state index contributed by atoms with van der Waals surface area (Å²) in [4.78, 5) is 29.3. The smallest absolute Gasteiger partial charge is 0.414 e. The first kappa shape index (κ1) is 26.8. The van der Waals surface area contributed by atoms with Crippen LogP contribution in [-0.4, -0.2) is 50.6 Å². The molecule has 2 aromatic carbocycles. The van der Waals surface area contributed by atoms with Crippen LogP contribution in [0.4, 0.5) is 15.3 Å². The third-order valence-corrected chi connectivity index (χ3v) is 6.21. The SMILES string of the molecule is CCOC(=O)N(Cc1cc(Cl)cc(Cl)c1)[C@H]1C[C@@H](C)N(C(=O)OCC)c2cc(OC)c(OC)cc21. The lowest BCUT2D eigenvalue weighted by molar-refractivity contribution is 0.0809. The molecule has 1 aliphatic rings. The summed E-state index contributed by atoms with van der Waals surface area (Å²) in [6.07, 6.45) is -0.531. The highest BCUT2D eigenvalue weighted by Crippen LogP contribution is 2.46. The zero-order valence-corrected chi connectivity index (χ0v) is 22.0. The third kappa shape index (κ3) is 5.87. The molecule has 2 aromatic rings. The van der Waals surface area contributed by atoms with Crippen molar-refractivity contribution in [1.82, 2.24) is 4.90 Å². The van der Waals surface area contributed by atoms with Gasteiger partial charge in [0.05, 0.1) is 39.2 Å². The molecule has 1 heterocycles. The monoisotopic (exact) mass is 524 g/mol. The highest BCUT2D eigenvalue weighted by atomic mass is 35.5. The van der Waals surface area contributed by atoms with E-state index >= 15 is 0 Å². The molecule has 0 radical (unpaired) electrons. The second-order valence-electron chi connectivity index (χ2n) is 8.04. The summed E-state index contributed by atoms with van der Waals surface area (Å²) in [5, 5.41) is 0.933. The van der Waals surface area contributed by atoms with Crippen LogP contribution < -0.4 is 14.4 Å². The number of nitrogens with zero attached hydrogens (tertiary/aromatic N) is 2. The Morgan fingerprint density at radius 3 is 2.14 bits per heavy atom. The maximum Gasteiger partial charge on any atom is 0.414 e. The fourth-order valence-corrected chi connectivity index (χ4v) is 4.90. The van der Waals surface area contributed by atoms with Crippen molar-refractivity contribution in [3.8, 4) is 11.5 Å². The standard InChI is InChI=1S/C25H30Cl2N2O6/c1-6-34-24(30)28(14-16-9-17(26)11-18(27)10-16)20-8-15(3)29(25(31)35-7-2)21-13-23(33-5)22(32-4)12-19(20)21/h9-13,15,20H,6-8,14H2,1-5H3/t15-,20+/m1/s1. The van der Waals surface area contributed by atoms with Gasteiger partial charge in [-0.1, -0.05) is 23.2 Å². The molecule has 1 aliphatic heterocycles. The normalized spacial score (nSPS) is 16.8. The van der Waals surface area contributed by atoms with E-state index in [0.717, 1.165) is 5.56 Å². The number of hydrogen-bond acceptors (Lipinski definition) is 6. The van der Waals surface area contributed by atoms with Gasteiger partial charge in [-0.15, -0.1) is 0 Å². The number of carbonyl (C=O) groups excluding carboxylic acids is 2. The van der Waals surface area contributed by atoms with Crippen LogP contribution in [0.5, 0.6) is 11.5 Å². The van der Waals surface area contributed by atoms with E-state index < -0.39 is 18.2 Å². The number of ether oxygens (including phenoxy) is 4. The van der Waals surface area contributed by atoms with Crippen molar-refractivity contribution in [3.05, 3.63) is 51.5 Å². The highest BCUT2D eigenvalue weighted by Gasteiger charge is 2.40. The Bertz CT molecular complexity index is 1060. The van der Waals surface area contributed by atoms with E-state index in [2.05, 4.69) is 0 Å². The molecular weight excluding hydrogens is 495 g/mol. The quantitative estimate of drug-likeness (QED) is 0.413. The van der Waals surface area contributed by atoms with Crippen molar-refractivity contribution in [1.29, 1.82) is 0 Å². The van der Waals surface area contributed by atoms with E-state index in [-0.39, 0.29) is 25.8 Å². The molecule has 0 saturated carbocycles. The summed E-state index contributed by atoms with van der Waals surface area (Å²) in [5.41, 5.74) is 2.02. The summed E-state index contributed by atoms with van der Waals surface area (Å²) < 4.78 is 21.8. The van der Waals surface area contributed by atoms with Crippen LogP contribution in [0, 0.1) is 0 Å². The van der Waals surface area contributed by atoms with Crippen LogP contribution in [-0.2, 0) is 16.0 Å². The minimum Gasteiger partial charge on any atom is -0.493 e. The molecule has 0 aromatic heterocycles. The van der Waals surface area contributed by atoms with E-state index in [9.17, 15) is 9.59 Å². The first-order valence-corrected chi connectivity index (χ1v) is 12.1. The molecule has 8 nitrogen and oxygen atoms in total. The van der Waals surface area contributed by atoms with Gasteiger partial charge in [0.2, 0.25) is 0 Å². The molecule has 35 heavy (non-hydrogen) atoms. The van der Waals surface area contributed by atoms with Crippen molar-refractivity contribution in [2.75, 3.05) is 32.3 Å². The molecule has 0 unspecified atom stereocenters. The molecule has 0 saturated heterocycles. The van der Waals surface area contributed by atoms with E-state index in [1.54, 1.807) is 54.0 Å². The van der Waals surface area contributed by atoms with E-state index in [1.165, 1.54) is 14.2 Å². The van der Waals surface area contributed by atoms with Crippen LogP contribution in [0.1, 0.15) is 44.4 Å². The molecule has 0 aliphatic carbocycles. The number of halogens is 2. The van der Waals surface area contributed by atoms with Crippen molar-refractivity contribution >= 4 is 41.1 Å². The molecule has 0 N–H and O–H groups in total. The first-order chi connectivity index (χ1) is 16.7. The summed E-state index contributed by atoms with van der Waals surface area (Å²) in [6, 6.07) is 7.93. The van der Waals surface area contributed by atoms with Gasteiger partial charge in [0.25, 0.3) is 0 Å². The number of rotatable bonds is 7. The Morgan fingerprint density at radius 1 is 0.971 bits per heavy atom. The second-order valence-corrected chi connectivity index (χ2v) is 8.91. The zero-order chi connectivity index (χ0) is 25.7. The minimum absolute atomic E-state index is 0.198. The van der Waals surface area contributed by atoms with Gasteiger partial charge in [-0.25, -0.2) is 9.59 Å². The van der Waals surface area contributed by atoms with Crippen LogP contribution in [0.15, 0.2) is 30.3 Å². The molecular formula is C25H30Cl2N2O6. The van der Waals surface area contributed by atoms with Crippen LogP contribution in [0.3, 0.4) is 0 Å². The maximum atomic E-state index is 13.2. The first-order valence-electron chi connectivity index (χ1n) is 11.3. The van der Waals surface area contributed by atoms with Gasteiger partial charge in [-0.3, -0.25) is 9.80 Å². The van der Waals surface area contributed by atoms with Gasteiger partial charge >= 0.3 is 12.2 Å². The molecule has 0 bridgehead atoms. The lowest BCUT2D eigenvalue weighted by Gasteiger charge is -2.42. The highest BCUT2D eigenvalue weighted by molar-refractivity contribution is 6.34. The Balaban J connectivity index is 2.16. The van der Waals surface area contributed by atoms with Gasteiger partial charge in [-0.05, 0) is 57.0 Å². The fourth-order valence-electron chi connectivity index (χ4n) is 4.33. The van der Waals surface area contributed by atoms with Gasteiger partial charge < -0.3 is 18.9 Å². The molecule has 0 fully saturated rings. The topological polar surface area (TPSA) is 77.5 Å². The molecule has 2 atom stereocenters. The predicted octanol–water partition coefficient (Wildman–Crippen LogP) is 6.47. The second kappa shape index (κ2) is 11.7. The van der Waals surface area contributed by atoms with E-state index in [0.29, 0.717) is 39.2 Å². The van der Waals surface area contributed by atoms with Crippen molar-refractivity contribution < 1.29 is 28.5 Å². The van der Waals surface area contributed by atoms with Gasteiger partial charge in [-0.2, -0.15) is 0 Å². The molecule has 0 spiro atoms. The Kier molecular flexibility index (Phi) is 8.97. The number of benzene rings is 2. The van der Waals surface area contributed by atoms with Crippen molar-refractivity contribution in [2.24, 2.45) is 0 Å². The molecule has 3 rings (SSSR count). The average Bonchev–Trinajstić information content (AvgIpc) is 2.80. The summed E-state index contributed by atoms with van der Waals surface area (Å²) >= 11 is 12.4. The summed E-state index contributed by atoms with van der Waals surface area (Å²) in [5.74, 6) is 0.932. The molecule has 2 amide bonds. The number of hydrogen-bond donors (Lipinski definition) is 0. The zero-order valence-electron chi connectivity index (χ0n) is 20.5. The van der Waals surface area contributed by atoms with Crippen LogP contribution >= 0.6 is 23.2 Å². The number of fused-ring (bicyclic) bond motifs is 1. The number of amides is 2. The Labute approximate surface area is 215 Å². The summed E-state index contributed by atoms with van der Waals surface area (Å²) in [6.45, 7) is 6.05. The maximum absolute atomic E-state index is 13.2. The summed E-state index contributed by atoms with van der Waals surface area (Å²) in [7, 11) is 3.06. The molecule has 190 valence electrons. The van der Waals surface area contributed by atoms with Crippen LogP contribution in [0.2, 0.25) is 10.0 Å². The van der Waals surface area contributed by atoms with Crippen molar-refractivity contribution in [3.63, 3.8) is 0 Å². The lowest BCUT2D eigenvalue weighted by Crippen LogP contribution is -2.47. The largest absolute Gasteiger partial charge is 0.493 e. The minimum atomic E-state index is -0.494. The number of methoxy groups -OCH3 is 2. The van der Waals surface area contributed by atoms with E-state index in [1.807, 2.05) is 6.92 Å². The average molecular weight is 525 g/mol. The third-order valence-electron chi connectivity index (χ3n) is 5.77. The molecule has 10 heteroatoms. The predicted molar refractivity (Wildman–Crippen MR) is 135 cm³/mol. The lowest BCUT2D eigenvalue weighted by atomic mass is 9.90. The van der Waals surface area contributed by atoms with Gasteiger partial charge in [0, 0.05) is 34.3 Å². The number of anilines is 1. The number of carbonyl (C=O) groups is 2.